The Morgan fingerprint density at radius 3 is 2.61 bits per heavy atom. The number of nitrogens with zero attached hydrogens (tertiary/aromatic N) is 3. The molecule has 3 heterocycles. The van der Waals surface area contributed by atoms with Crippen molar-refractivity contribution in [2.45, 2.75) is 38.6 Å². The highest BCUT2D eigenvalue weighted by molar-refractivity contribution is 6.37. The predicted molar refractivity (Wildman–Crippen MR) is 121 cm³/mol. The van der Waals surface area contributed by atoms with Crippen LogP contribution in [-0.4, -0.2) is 38.0 Å². The minimum atomic E-state index is -0.730. The van der Waals surface area contributed by atoms with Crippen molar-refractivity contribution in [3.63, 3.8) is 0 Å². The summed E-state index contributed by atoms with van der Waals surface area (Å²) in [6.45, 7) is 2.44. The number of hydrogen-bond donors (Lipinski definition) is 2. The molecule has 1 aliphatic heterocycles. The first-order valence-electron chi connectivity index (χ1n) is 9.97. The Labute approximate surface area is 202 Å². The Hall–Kier alpha value is -2.50. The minimum Gasteiger partial charge on any atom is -0.434 e. The lowest BCUT2D eigenvalue weighted by molar-refractivity contribution is -0.186. The summed E-state index contributed by atoms with van der Waals surface area (Å²) in [6.07, 6.45) is 3.30. The van der Waals surface area contributed by atoms with Crippen LogP contribution in [0.5, 0.6) is 11.6 Å². The van der Waals surface area contributed by atoms with Gasteiger partial charge >= 0.3 is 5.69 Å². The van der Waals surface area contributed by atoms with Crippen LogP contribution in [0.2, 0.25) is 15.2 Å². The normalized spacial score (nSPS) is 17.0. The summed E-state index contributed by atoms with van der Waals surface area (Å²) in [4.78, 5) is 33.8. The summed E-state index contributed by atoms with van der Waals surface area (Å²) in [7, 11) is 0. The zero-order chi connectivity index (χ0) is 23.5. The van der Waals surface area contributed by atoms with Gasteiger partial charge in [-0.1, -0.05) is 34.8 Å². The van der Waals surface area contributed by atoms with E-state index in [0.29, 0.717) is 12.3 Å². The first-order valence-corrected chi connectivity index (χ1v) is 11.1. The summed E-state index contributed by atoms with van der Waals surface area (Å²) < 4.78 is 17.3. The topological polar surface area (TPSA) is 132 Å². The number of aromatic nitrogens is 5. The highest BCUT2D eigenvalue weighted by atomic mass is 35.5. The molecule has 0 saturated carbocycles. The highest BCUT2D eigenvalue weighted by Gasteiger charge is 2.23. The zero-order valence-electron chi connectivity index (χ0n) is 17.2. The van der Waals surface area contributed by atoms with Crippen molar-refractivity contribution in [1.82, 2.24) is 25.1 Å². The van der Waals surface area contributed by atoms with Crippen LogP contribution < -0.4 is 16.0 Å². The van der Waals surface area contributed by atoms with Gasteiger partial charge in [0.15, 0.2) is 22.9 Å². The maximum absolute atomic E-state index is 12.0. The summed E-state index contributed by atoms with van der Waals surface area (Å²) in [5.41, 5.74) is -0.826. The van der Waals surface area contributed by atoms with Crippen molar-refractivity contribution in [3.05, 3.63) is 60.1 Å². The first kappa shape index (κ1) is 23.7. The largest absolute Gasteiger partial charge is 0.434 e. The Morgan fingerprint density at radius 2 is 1.94 bits per heavy atom. The van der Waals surface area contributed by atoms with Crippen molar-refractivity contribution in [3.8, 4) is 22.9 Å². The lowest BCUT2D eigenvalue weighted by Gasteiger charge is -2.26. The minimum absolute atomic E-state index is 0.0607. The molecule has 4 rings (SSSR count). The van der Waals surface area contributed by atoms with Crippen LogP contribution in [0.1, 0.15) is 38.0 Å². The van der Waals surface area contributed by atoms with E-state index in [1.165, 1.54) is 18.3 Å². The van der Waals surface area contributed by atoms with Gasteiger partial charge in [0.1, 0.15) is 11.8 Å². The van der Waals surface area contributed by atoms with Crippen LogP contribution in [0.4, 0.5) is 0 Å². The molecule has 0 amide bonds. The second-order valence-corrected chi connectivity index (χ2v) is 8.36. The third-order valence-electron chi connectivity index (χ3n) is 4.80. The van der Waals surface area contributed by atoms with Crippen LogP contribution in [-0.2, 0) is 9.47 Å². The average Bonchev–Trinajstić information content (AvgIpc) is 2.78. The fourth-order valence-electron chi connectivity index (χ4n) is 3.23. The van der Waals surface area contributed by atoms with Gasteiger partial charge in [-0.2, -0.15) is 5.10 Å². The Morgan fingerprint density at radius 1 is 1.18 bits per heavy atom. The van der Waals surface area contributed by atoms with Gasteiger partial charge in [0.25, 0.3) is 5.56 Å². The lowest BCUT2D eigenvalue weighted by atomic mass is 10.1. The molecule has 2 N–H and O–H groups in total. The second kappa shape index (κ2) is 10.2. The Balaban J connectivity index is 1.58. The fourth-order valence-corrected chi connectivity index (χ4v) is 4.04. The molecule has 0 bridgehead atoms. The SMILES string of the molecule is CC(OC1CCCCO1)c1nc(Oc2c(Cl)cc(-c3n[nH]c(=O)[nH]c3=O)cc2Cl)cnc1Cl. The van der Waals surface area contributed by atoms with Crippen LogP contribution in [0.15, 0.2) is 27.9 Å². The van der Waals surface area contributed by atoms with Crippen molar-refractivity contribution < 1.29 is 14.2 Å². The number of aromatic amines is 2. The van der Waals surface area contributed by atoms with Gasteiger partial charge in [-0.25, -0.2) is 19.9 Å². The maximum atomic E-state index is 12.0. The molecule has 2 atom stereocenters. The van der Waals surface area contributed by atoms with Crippen molar-refractivity contribution >= 4 is 34.8 Å². The number of halogens is 3. The van der Waals surface area contributed by atoms with Gasteiger partial charge in [-0.3, -0.25) is 9.78 Å². The molecule has 0 radical (unpaired) electrons. The maximum Gasteiger partial charge on any atom is 0.342 e. The molecule has 13 heteroatoms. The average molecular weight is 515 g/mol. The summed E-state index contributed by atoms with van der Waals surface area (Å²) >= 11 is 18.9. The predicted octanol–water partition coefficient (Wildman–Crippen LogP) is 4.27. The number of rotatable bonds is 6. The summed E-state index contributed by atoms with van der Waals surface area (Å²) in [6, 6.07) is 2.85. The number of H-pyrrole nitrogens is 2. The zero-order valence-corrected chi connectivity index (χ0v) is 19.5. The van der Waals surface area contributed by atoms with Gasteiger partial charge in [-0.05, 0) is 38.3 Å². The van der Waals surface area contributed by atoms with Gasteiger partial charge in [0.05, 0.1) is 16.2 Å². The van der Waals surface area contributed by atoms with Gasteiger partial charge in [0.2, 0.25) is 5.88 Å². The number of hydrogen-bond acceptors (Lipinski definition) is 8. The van der Waals surface area contributed by atoms with E-state index < -0.39 is 17.4 Å². The number of benzene rings is 1. The van der Waals surface area contributed by atoms with E-state index in [1.54, 1.807) is 6.92 Å². The Kier molecular flexibility index (Phi) is 7.30. The van der Waals surface area contributed by atoms with Gasteiger partial charge < -0.3 is 14.2 Å². The van der Waals surface area contributed by atoms with Crippen molar-refractivity contribution in [1.29, 1.82) is 0 Å². The molecule has 1 aromatic carbocycles. The molecule has 174 valence electrons. The van der Waals surface area contributed by atoms with E-state index in [1.807, 2.05) is 0 Å². The molecule has 33 heavy (non-hydrogen) atoms. The van der Waals surface area contributed by atoms with Crippen molar-refractivity contribution in [2.75, 3.05) is 6.61 Å². The molecule has 3 aromatic rings. The molecule has 0 spiro atoms. The highest BCUT2D eigenvalue weighted by Crippen LogP contribution is 2.39. The third-order valence-corrected chi connectivity index (χ3v) is 5.65. The monoisotopic (exact) mass is 513 g/mol. The van der Waals surface area contributed by atoms with E-state index in [4.69, 9.17) is 49.0 Å². The molecule has 0 aliphatic carbocycles. The molecule has 10 nitrogen and oxygen atoms in total. The van der Waals surface area contributed by atoms with Crippen molar-refractivity contribution in [2.24, 2.45) is 0 Å². The quantitative estimate of drug-likeness (QED) is 0.498. The first-order chi connectivity index (χ1) is 15.8. The summed E-state index contributed by atoms with van der Waals surface area (Å²) in [5, 5.41) is 6.23. The van der Waals surface area contributed by atoms with Gasteiger partial charge in [0, 0.05) is 12.2 Å². The molecule has 2 aromatic heterocycles. The number of ether oxygens (including phenoxy) is 3. The molecular weight excluding hydrogens is 497 g/mol. The molecule has 1 aliphatic rings. The molecule has 1 fully saturated rings. The Bertz CT molecular complexity index is 1250. The molecule has 2 unspecified atom stereocenters. The van der Waals surface area contributed by atoms with Crippen LogP contribution >= 0.6 is 34.8 Å². The fraction of sp³-hybridized carbons (Fsp3) is 0.350. The number of nitrogens with one attached hydrogen (secondary N) is 2. The smallest absolute Gasteiger partial charge is 0.342 e. The van der Waals surface area contributed by atoms with Gasteiger partial charge in [-0.15, -0.1) is 0 Å². The third kappa shape index (κ3) is 5.53. The van der Waals surface area contributed by atoms with E-state index in [-0.39, 0.29) is 44.4 Å². The lowest BCUT2D eigenvalue weighted by Crippen LogP contribution is -2.25. The summed E-state index contributed by atoms with van der Waals surface area (Å²) in [5.74, 6) is 0.181. The molecule has 1 saturated heterocycles. The van der Waals surface area contributed by atoms with Crippen LogP contribution in [0, 0.1) is 0 Å². The van der Waals surface area contributed by atoms with E-state index in [2.05, 4.69) is 25.1 Å². The molecular formula is C20H18Cl3N5O5. The van der Waals surface area contributed by atoms with Crippen LogP contribution in [0.3, 0.4) is 0 Å². The van der Waals surface area contributed by atoms with E-state index >= 15 is 0 Å². The van der Waals surface area contributed by atoms with E-state index in [0.717, 1.165) is 19.3 Å². The second-order valence-electron chi connectivity index (χ2n) is 7.19. The van der Waals surface area contributed by atoms with E-state index in [9.17, 15) is 9.59 Å². The standard InChI is InChI=1S/C20H18Cl3N5O5/c1-9(32-14-4-2-3-5-31-14)15-18(23)24-8-13(25-15)33-17-11(21)6-10(7-12(17)22)16-19(29)26-20(30)28-27-16/h6-9,14H,2-5H2,1H3,(H2,26,28,29,30). The van der Waals surface area contributed by atoms with Crippen LogP contribution in [0.25, 0.3) is 11.3 Å².